The first-order chi connectivity index (χ1) is 9.31. The lowest BCUT2D eigenvalue weighted by Crippen LogP contribution is -2.35. The zero-order chi connectivity index (χ0) is 16.7. The van der Waals surface area contributed by atoms with E-state index in [9.17, 15) is 8.42 Å². The van der Waals surface area contributed by atoms with Gasteiger partial charge in [0.1, 0.15) is 13.5 Å². The molecule has 5 nitrogen and oxygen atoms in total. The van der Waals surface area contributed by atoms with Gasteiger partial charge in [0.2, 0.25) is 10.0 Å². The number of hydrogen-bond donors (Lipinski definition) is 0. The fourth-order valence-corrected chi connectivity index (χ4v) is 3.16. The molecule has 0 aliphatic rings. The maximum Gasteiger partial charge on any atom is 0.215 e. The van der Waals surface area contributed by atoms with Gasteiger partial charge in [0, 0.05) is 20.4 Å². The van der Waals surface area contributed by atoms with Crippen LogP contribution in [0.1, 0.15) is 0 Å². The van der Waals surface area contributed by atoms with Gasteiger partial charge in [-0.25, -0.2) is 18.4 Å². The number of sulfonamides is 1. The molecule has 0 bridgehead atoms. The first-order valence-electron chi connectivity index (χ1n) is 7.08. The molecule has 0 radical (unpaired) electrons. The van der Waals surface area contributed by atoms with Crippen molar-refractivity contribution in [2.45, 2.75) is 25.7 Å². The van der Waals surface area contributed by atoms with Gasteiger partial charge in [-0.2, -0.15) is 4.31 Å². The standard InChI is InChI=1S/C13H33NO4S2Si/c1-19(2,3)10-8-17-12-14(20(4,15)16)13-18-9-11-21(5,6)7/h8-13H2,1-7H3. The lowest BCUT2D eigenvalue weighted by Gasteiger charge is -2.26. The Kier molecular flexibility index (Phi) is 9.05. The molecule has 0 aliphatic heterocycles. The summed E-state index contributed by atoms with van der Waals surface area (Å²) in [5, 5.41) is 0. The van der Waals surface area contributed by atoms with Crippen LogP contribution in [0, 0.1) is 0 Å². The fourth-order valence-electron chi connectivity index (χ4n) is 1.25. The second-order valence-electron chi connectivity index (χ2n) is 7.40. The Morgan fingerprint density at radius 1 is 0.905 bits per heavy atom. The molecule has 0 amide bonds. The highest BCUT2D eigenvalue weighted by molar-refractivity contribution is 8.32. The first kappa shape index (κ1) is 21.4. The van der Waals surface area contributed by atoms with Gasteiger partial charge in [0.05, 0.1) is 12.9 Å². The summed E-state index contributed by atoms with van der Waals surface area (Å²) in [6.07, 6.45) is 7.83. The van der Waals surface area contributed by atoms with Gasteiger partial charge in [-0.15, -0.1) is 0 Å². The van der Waals surface area contributed by atoms with Crippen molar-refractivity contribution in [3.05, 3.63) is 0 Å². The number of rotatable bonds is 11. The lowest BCUT2D eigenvalue weighted by molar-refractivity contribution is 0.00943. The minimum atomic E-state index is -3.30. The van der Waals surface area contributed by atoms with E-state index in [1.165, 1.54) is 10.6 Å². The molecule has 0 fully saturated rings. The highest BCUT2D eigenvalue weighted by Crippen LogP contribution is 2.33. The van der Waals surface area contributed by atoms with Crippen molar-refractivity contribution in [1.82, 2.24) is 4.31 Å². The van der Waals surface area contributed by atoms with E-state index < -0.39 is 28.1 Å². The van der Waals surface area contributed by atoms with Crippen LogP contribution in [0.3, 0.4) is 0 Å². The van der Waals surface area contributed by atoms with Crippen LogP contribution in [0.15, 0.2) is 0 Å². The van der Waals surface area contributed by atoms with Gasteiger partial charge < -0.3 is 9.47 Å². The summed E-state index contributed by atoms with van der Waals surface area (Å²) >= 11 is 0. The Balaban J connectivity index is 4.12. The van der Waals surface area contributed by atoms with E-state index in [1.54, 1.807) is 0 Å². The largest absolute Gasteiger partial charge is 0.365 e. The molecule has 8 heteroatoms. The quantitative estimate of drug-likeness (QED) is 0.322. The molecule has 0 aromatic carbocycles. The molecule has 0 aromatic rings. The summed E-state index contributed by atoms with van der Waals surface area (Å²) < 4.78 is 35.6. The van der Waals surface area contributed by atoms with Crippen LogP contribution in [-0.4, -0.2) is 78.2 Å². The zero-order valence-corrected chi connectivity index (χ0v) is 17.3. The number of hydrogen-bond acceptors (Lipinski definition) is 4. The van der Waals surface area contributed by atoms with Crippen LogP contribution >= 0.6 is 10.0 Å². The highest BCUT2D eigenvalue weighted by atomic mass is 32.3. The lowest BCUT2D eigenvalue weighted by atomic mass is 10.8. The molecular formula is C13H33NO4S2Si. The number of ether oxygens (including phenoxy) is 2. The monoisotopic (exact) mass is 359 g/mol. The van der Waals surface area contributed by atoms with Crippen molar-refractivity contribution in [1.29, 1.82) is 0 Å². The van der Waals surface area contributed by atoms with E-state index in [-0.39, 0.29) is 13.5 Å². The van der Waals surface area contributed by atoms with Gasteiger partial charge in [0.25, 0.3) is 0 Å². The van der Waals surface area contributed by atoms with Crippen molar-refractivity contribution in [2.75, 3.05) is 57.5 Å². The smallest absolute Gasteiger partial charge is 0.215 e. The summed E-state index contributed by atoms with van der Waals surface area (Å²) in [5.74, 6) is 0.973. The Bertz CT molecular complexity index is 366. The molecule has 130 valence electrons. The Morgan fingerprint density at radius 3 is 1.76 bits per heavy atom. The predicted octanol–water partition coefficient (Wildman–Crippen LogP) is 2.23. The van der Waals surface area contributed by atoms with Crippen LogP contribution in [0.5, 0.6) is 0 Å². The van der Waals surface area contributed by atoms with E-state index in [4.69, 9.17) is 9.47 Å². The summed E-state index contributed by atoms with van der Waals surface area (Å²) in [4.78, 5) is 0. The second-order valence-corrected chi connectivity index (χ2v) is 19.6. The van der Waals surface area contributed by atoms with Crippen LogP contribution in [0.2, 0.25) is 25.7 Å². The van der Waals surface area contributed by atoms with E-state index in [0.717, 1.165) is 11.8 Å². The molecule has 0 heterocycles. The van der Waals surface area contributed by atoms with Crippen LogP contribution < -0.4 is 0 Å². The molecule has 0 aromatic heterocycles. The molecule has 0 rings (SSSR count). The first-order valence-corrected chi connectivity index (χ1v) is 15.7. The predicted molar refractivity (Wildman–Crippen MR) is 96.7 cm³/mol. The van der Waals surface area contributed by atoms with E-state index in [0.29, 0.717) is 13.2 Å². The average Bonchev–Trinajstić information content (AvgIpc) is 2.22. The molecule has 0 saturated carbocycles. The van der Waals surface area contributed by atoms with Crippen LogP contribution in [0.25, 0.3) is 0 Å². The summed E-state index contributed by atoms with van der Waals surface area (Å²) in [7, 11) is -5.06. The molecule has 0 unspecified atom stereocenters. The average molecular weight is 360 g/mol. The summed E-state index contributed by atoms with van der Waals surface area (Å²) in [5.41, 5.74) is 0. The summed E-state index contributed by atoms with van der Waals surface area (Å²) in [6.45, 7) is 8.13. The maximum atomic E-state index is 11.7. The van der Waals surface area contributed by atoms with Gasteiger partial charge >= 0.3 is 0 Å². The summed E-state index contributed by atoms with van der Waals surface area (Å²) in [6, 6.07) is 1.03. The van der Waals surface area contributed by atoms with Crippen LogP contribution in [-0.2, 0) is 19.5 Å². The Hall–Kier alpha value is 0.397. The van der Waals surface area contributed by atoms with Crippen LogP contribution in [0.4, 0.5) is 0 Å². The molecule has 0 N–H and O–H groups in total. The van der Waals surface area contributed by atoms with Gasteiger partial charge in [0.15, 0.2) is 0 Å². The SMILES string of the molecule is C[Si](C)(C)CCOCN(COCCS(C)(C)C)S(C)(=O)=O. The van der Waals surface area contributed by atoms with Gasteiger partial charge in [-0.1, -0.05) is 19.6 Å². The third-order valence-corrected chi connectivity index (χ3v) is 7.02. The molecule has 0 aliphatic carbocycles. The van der Waals surface area contributed by atoms with E-state index in [2.05, 4.69) is 38.4 Å². The highest BCUT2D eigenvalue weighted by Gasteiger charge is 2.18. The van der Waals surface area contributed by atoms with Crippen molar-refractivity contribution in [2.24, 2.45) is 0 Å². The maximum absolute atomic E-state index is 11.7. The second kappa shape index (κ2) is 8.88. The minimum Gasteiger partial charge on any atom is -0.365 e. The molecule has 21 heavy (non-hydrogen) atoms. The topological polar surface area (TPSA) is 55.8 Å². The Labute approximate surface area is 133 Å². The third kappa shape index (κ3) is 13.8. The molecule has 0 atom stereocenters. The van der Waals surface area contributed by atoms with Crippen molar-refractivity contribution < 1.29 is 17.9 Å². The fraction of sp³-hybridized carbons (Fsp3) is 1.00. The van der Waals surface area contributed by atoms with Crippen molar-refractivity contribution in [3.8, 4) is 0 Å². The van der Waals surface area contributed by atoms with Crippen molar-refractivity contribution >= 4 is 28.1 Å². The molecule has 0 spiro atoms. The van der Waals surface area contributed by atoms with Gasteiger partial charge in [-0.05, 0) is 24.8 Å². The Morgan fingerprint density at radius 2 is 1.38 bits per heavy atom. The minimum absolute atomic E-state index is 0.0707. The molecule has 0 saturated heterocycles. The zero-order valence-electron chi connectivity index (χ0n) is 14.6. The van der Waals surface area contributed by atoms with E-state index in [1.807, 2.05) is 0 Å². The molecular weight excluding hydrogens is 326 g/mol. The third-order valence-electron chi connectivity index (χ3n) is 2.78. The number of nitrogens with zero attached hydrogens (tertiary/aromatic N) is 1. The van der Waals surface area contributed by atoms with Crippen molar-refractivity contribution in [3.63, 3.8) is 0 Å². The van der Waals surface area contributed by atoms with Gasteiger partial charge in [-0.3, -0.25) is 0 Å². The van der Waals surface area contributed by atoms with E-state index >= 15 is 0 Å². The normalized spacial score (nSPS) is 14.7.